The Labute approximate surface area is 188 Å². The molecule has 3 rings (SSSR count). The van der Waals surface area contributed by atoms with Gasteiger partial charge < -0.3 is 20.7 Å². The van der Waals surface area contributed by atoms with Crippen molar-refractivity contribution in [2.24, 2.45) is 0 Å². The number of benzene rings is 3. The SMILES string of the molecule is COCCNc1ccc(C(=O)Nc2cccc(C(=O)Nc3cccc(F)c3)c2)cc1[N+](=O)[O-]. The molecule has 0 saturated heterocycles. The van der Waals surface area contributed by atoms with Crippen LogP contribution in [0.4, 0.5) is 27.1 Å². The van der Waals surface area contributed by atoms with Gasteiger partial charge in [-0.3, -0.25) is 19.7 Å². The summed E-state index contributed by atoms with van der Waals surface area (Å²) in [6, 6.07) is 15.7. The van der Waals surface area contributed by atoms with E-state index in [1.165, 1.54) is 55.6 Å². The zero-order valence-electron chi connectivity index (χ0n) is 17.6. The molecule has 0 aromatic heterocycles. The molecule has 0 aliphatic carbocycles. The van der Waals surface area contributed by atoms with E-state index >= 15 is 0 Å². The molecule has 3 aromatic carbocycles. The maximum Gasteiger partial charge on any atom is 0.293 e. The van der Waals surface area contributed by atoms with Crippen LogP contribution in [0, 0.1) is 15.9 Å². The fraction of sp³-hybridized carbons (Fsp3) is 0.130. The normalized spacial score (nSPS) is 10.4. The van der Waals surface area contributed by atoms with E-state index < -0.39 is 22.6 Å². The molecule has 3 aromatic rings. The minimum atomic E-state index is -0.580. The molecule has 170 valence electrons. The zero-order valence-corrected chi connectivity index (χ0v) is 17.6. The number of amides is 2. The lowest BCUT2D eigenvalue weighted by Gasteiger charge is -2.10. The van der Waals surface area contributed by atoms with Crippen molar-refractivity contribution in [3.8, 4) is 0 Å². The van der Waals surface area contributed by atoms with Gasteiger partial charge in [0.25, 0.3) is 17.5 Å². The van der Waals surface area contributed by atoms with Crippen molar-refractivity contribution >= 4 is 34.6 Å². The van der Waals surface area contributed by atoms with Gasteiger partial charge in [-0.15, -0.1) is 0 Å². The molecule has 0 fully saturated rings. The first-order chi connectivity index (χ1) is 15.9. The molecule has 0 aliphatic rings. The number of ether oxygens (including phenoxy) is 1. The lowest BCUT2D eigenvalue weighted by molar-refractivity contribution is -0.384. The highest BCUT2D eigenvalue weighted by atomic mass is 19.1. The number of nitro groups is 1. The molecule has 3 N–H and O–H groups in total. The molecule has 10 heteroatoms. The minimum Gasteiger partial charge on any atom is -0.383 e. The van der Waals surface area contributed by atoms with Crippen molar-refractivity contribution in [3.05, 3.63) is 93.8 Å². The second kappa shape index (κ2) is 10.8. The van der Waals surface area contributed by atoms with E-state index in [-0.39, 0.29) is 22.5 Å². The fourth-order valence-corrected chi connectivity index (χ4v) is 2.97. The average molecular weight is 452 g/mol. The molecular weight excluding hydrogens is 431 g/mol. The van der Waals surface area contributed by atoms with E-state index in [1.54, 1.807) is 18.2 Å². The molecule has 0 atom stereocenters. The Morgan fingerprint density at radius 2 is 1.58 bits per heavy atom. The largest absolute Gasteiger partial charge is 0.383 e. The van der Waals surface area contributed by atoms with E-state index in [9.17, 15) is 24.1 Å². The topological polar surface area (TPSA) is 123 Å². The number of halogens is 1. The quantitative estimate of drug-likeness (QED) is 0.253. The van der Waals surface area contributed by atoms with Gasteiger partial charge in [0.05, 0.1) is 11.5 Å². The number of carbonyl (C=O) groups is 2. The number of nitrogens with zero attached hydrogens (tertiary/aromatic N) is 1. The van der Waals surface area contributed by atoms with Gasteiger partial charge in [0.15, 0.2) is 0 Å². The molecule has 0 radical (unpaired) electrons. The Hall–Kier alpha value is -4.31. The maximum atomic E-state index is 13.3. The maximum absolute atomic E-state index is 13.3. The molecule has 0 spiro atoms. The van der Waals surface area contributed by atoms with E-state index in [0.717, 1.165) is 0 Å². The minimum absolute atomic E-state index is 0.0774. The van der Waals surface area contributed by atoms with Crippen LogP contribution in [0.25, 0.3) is 0 Å². The first-order valence-corrected chi connectivity index (χ1v) is 9.87. The van der Waals surface area contributed by atoms with Crippen LogP contribution in [-0.2, 0) is 4.74 Å². The Kier molecular flexibility index (Phi) is 7.66. The lowest BCUT2D eigenvalue weighted by Crippen LogP contribution is -2.15. The zero-order chi connectivity index (χ0) is 23.8. The van der Waals surface area contributed by atoms with Gasteiger partial charge in [-0.25, -0.2) is 4.39 Å². The summed E-state index contributed by atoms with van der Waals surface area (Å²) < 4.78 is 18.2. The number of methoxy groups -OCH3 is 1. The highest BCUT2D eigenvalue weighted by molar-refractivity contribution is 6.07. The summed E-state index contributed by atoms with van der Waals surface area (Å²) in [6.45, 7) is 0.732. The number of anilines is 3. The summed E-state index contributed by atoms with van der Waals surface area (Å²) in [5.74, 6) is -1.55. The molecule has 0 aliphatic heterocycles. The number of hydrogen-bond acceptors (Lipinski definition) is 6. The second-order valence-corrected chi connectivity index (χ2v) is 6.91. The molecule has 0 heterocycles. The molecule has 33 heavy (non-hydrogen) atoms. The Bertz CT molecular complexity index is 1190. The van der Waals surface area contributed by atoms with Gasteiger partial charge in [-0.1, -0.05) is 12.1 Å². The summed E-state index contributed by atoms with van der Waals surface area (Å²) in [5, 5.41) is 19.5. The number of nitro benzene ring substituents is 1. The first kappa shape index (κ1) is 23.4. The van der Waals surface area contributed by atoms with E-state index in [2.05, 4.69) is 16.0 Å². The van der Waals surface area contributed by atoms with Gasteiger partial charge in [-0.05, 0) is 48.5 Å². The third kappa shape index (κ3) is 6.34. The predicted octanol–water partition coefficient (Wildman–Crippen LogP) is 4.30. The van der Waals surface area contributed by atoms with Gasteiger partial charge in [-0.2, -0.15) is 0 Å². The van der Waals surface area contributed by atoms with Gasteiger partial charge in [0, 0.05) is 42.2 Å². The third-order valence-electron chi connectivity index (χ3n) is 4.54. The Morgan fingerprint density at radius 1 is 0.939 bits per heavy atom. The summed E-state index contributed by atoms with van der Waals surface area (Å²) in [4.78, 5) is 35.9. The lowest BCUT2D eigenvalue weighted by atomic mass is 10.1. The molecule has 0 bridgehead atoms. The number of carbonyl (C=O) groups excluding carboxylic acids is 2. The smallest absolute Gasteiger partial charge is 0.293 e. The van der Waals surface area contributed by atoms with Crippen LogP contribution in [0.15, 0.2) is 66.7 Å². The molecular formula is C23H21FN4O5. The molecule has 0 unspecified atom stereocenters. The van der Waals surface area contributed by atoms with Crippen molar-refractivity contribution in [1.29, 1.82) is 0 Å². The standard InChI is InChI=1S/C23H21FN4O5/c1-33-11-10-25-20-9-8-16(13-21(20)28(31)32)23(30)26-18-6-2-4-15(12-18)22(29)27-19-7-3-5-17(24)14-19/h2-9,12-14,25H,10-11H2,1H3,(H,26,30)(H,27,29). The van der Waals surface area contributed by atoms with Crippen LogP contribution in [-0.4, -0.2) is 37.0 Å². The molecule has 9 nitrogen and oxygen atoms in total. The monoisotopic (exact) mass is 452 g/mol. The number of hydrogen-bond donors (Lipinski definition) is 3. The Balaban J connectivity index is 1.73. The van der Waals surface area contributed by atoms with Gasteiger partial charge >= 0.3 is 0 Å². The third-order valence-corrected chi connectivity index (χ3v) is 4.54. The van der Waals surface area contributed by atoms with Gasteiger partial charge in [0.1, 0.15) is 11.5 Å². The van der Waals surface area contributed by atoms with Crippen LogP contribution < -0.4 is 16.0 Å². The van der Waals surface area contributed by atoms with E-state index in [0.29, 0.717) is 24.5 Å². The van der Waals surface area contributed by atoms with Gasteiger partial charge in [0.2, 0.25) is 0 Å². The van der Waals surface area contributed by atoms with Crippen molar-refractivity contribution in [2.45, 2.75) is 0 Å². The fourth-order valence-electron chi connectivity index (χ4n) is 2.97. The summed E-state index contributed by atoms with van der Waals surface area (Å²) >= 11 is 0. The summed E-state index contributed by atoms with van der Waals surface area (Å²) in [6.07, 6.45) is 0. The summed E-state index contributed by atoms with van der Waals surface area (Å²) in [5.41, 5.74) is 0.943. The van der Waals surface area contributed by atoms with Crippen LogP contribution in [0.1, 0.15) is 20.7 Å². The Morgan fingerprint density at radius 3 is 2.21 bits per heavy atom. The van der Waals surface area contributed by atoms with E-state index in [1.807, 2.05) is 0 Å². The first-order valence-electron chi connectivity index (χ1n) is 9.87. The number of rotatable bonds is 9. The predicted molar refractivity (Wildman–Crippen MR) is 122 cm³/mol. The highest BCUT2D eigenvalue weighted by Gasteiger charge is 2.18. The van der Waals surface area contributed by atoms with Crippen molar-refractivity contribution in [3.63, 3.8) is 0 Å². The van der Waals surface area contributed by atoms with Crippen molar-refractivity contribution < 1.29 is 23.6 Å². The average Bonchev–Trinajstić information content (AvgIpc) is 2.79. The van der Waals surface area contributed by atoms with E-state index in [4.69, 9.17) is 4.74 Å². The van der Waals surface area contributed by atoms with Crippen LogP contribution >= 0.6 is 0 Å². The van der Waals surface area contributed by atoms with Crippen LogP contribution in [0.3, 0.4) is 0 Å². The van der Waals surface area contributed by atoms with Crippen molar-refractivity contribution in [1.82, 2.24) is 0 Å². The second-order valence-electron chi connectivity index (χ2n) is 6.91. The van der Waals surface area contributed by atoms with Crippen LogP contribution in [0.2, 0.25) is 0 Å². The van der Waals surface area contributed by atoms with Crippen molar-refractivity contribution in [2.75, 3.05) is 36.2 Å². The summed E-state index contributed by atoms with van der Waals surface area (Å²) in [7, 11) is 1.52. The highest BCUT2D eigenvalue weighted by Crippen LogP contribution is 2.26. The molecule has 0 saturated carbocycles. The van der Waals surface area contributed by atoms with Crippen LogP contribution in [0.5, 0.6) is 0 Å². The number of nitrogens with one attached hydrogen (secondary N) is 3. The molecule has 2 amide bonds.